The van der Waals surface area contributed by atoms with Crippen molar-refractivity contribution in [3.05, 3.63) is 16.5 Å². The largest absolute Gasteiger partial charge is 0.166 e. The molecule has 2 aliphatic rings. The second-order valence-corrected chi connectivity index (χ2v) is 6.45. The van der Waals surface area contributed by atoms with Gasteiger partial charge in [0.05, 0.1) is 10.1 Å². The lowest BCUT2D eigenvalue weighted by atomic mass is 10.1. The van der Waals surface area contributed by atoms with Gasteiger partial charge in [-0.25, -0.2) is 0 Å². The van der Waals surface area contributed by atoms with Crippen LogP contribution in [0.15, 0.2) is 10.1 Å². The summed E-state index contributed by atoms with van der Waals surface area (Å²) in [5, 5.41) is 0.473. The van der Waals surface area contributed by atoms with E-state index in [4.69, 9.17) is 69.6 Å². The summed E-state index contributed by atoms with van der Waals surface area (Å²) in [6.45, 7) is 0. The van der Waals surface area contributed by atoms with Crippen molar-refractivity contribution in [1.29, 1.82) is 0 Å². The molecule has 0 amide bonds. The Hall–Kier alpha value is 1.48. The van der Waals surface area contributed by atoms with Crippen molar-refractivity contribution in [2.24, 2.45) is 0 Å². The van der Waals surface area contributed by atoms with E-state index in [9.17, 15) is 0 Å². The van der Waals surface area contributed by atoms with Crippen molar-refractivity contribution < 1.29 is 0 Å². The van der Waals surface area contributed by atoms with Crippen molar-refractivity contribution in [2.45, 2.75) is 20.5 Å². The molecule has 0 aliphatic heterocycles. The predicted octanol–water partition coefficient (Wildman–Crippen LogP) is 4.43. The van der Waals surface area contributed by atoms with E-state index < -0.39 is 14.1 Å². The third-order valence-corrected chi connectivity index (χ3v) is 6.65. The van der Waals surface area contributed by atoms with Crippen molar-refractivity contribution in [3.63, 3.8) is 0 Å². The minimum Gasteiger partial charge on any atom is -0.110 e. The molecule has 1 radical (unpaired) electrons. The Kier molecular flexibility index (Phi) is 2.35. The zero-order valence-electron chi connectivity index (χ0n) is 6.05. The molecule has 13 heavy (non-hydrogen) atoms. The molecule has 0 nitrogen and oxygen atoms in total. The number of alkyl halides is 4. The second-order valence-electron chi connectivity index (χ2n) is 3.12. The molecule has 2 atom stereocenters. The first-order valence-corrected chi connectivity index (χ1v) is 5.70. The highest BCUT2D eigenvalue weighted by atomic mass is 35.5. The molecule has 2 bridgehead atoms. The summed E-state index contributed by atoms with van der Waals surface area (Å²) >= 11 is 36.3. The van der Waals surface area contributed by atoms with Gasteiger partial charge in [-0.3, -0.25) is 0 Å². The number of hydrogen-bond donors (Lipinski definition) is 0. The topological polar surface area (TPSA) is 0 Å². The monoisotopic (exact) mass is 297 g/mol. The predicted molar refractivity (Wildman–Crippen MR) is 59.3 cm³/mol. The van der Waals surface area contributed by atoms with Crippen LogP contribution in [-0.2, 0) is 0 Å². The van der Waals surface area contributed by atoms with Crippen LogP contribution in [0.1, 0.15) is 6.42 Å². The molecular weight excluding hydrogens is 297 g/mol. The van der Waals surface area contributed by atoms with Crippen LogP contribution in [0.4, 0.5) is 0 Å². The van der Waals surface area contributed by atoms with Gasteiger partial charge in [0.1, 0.15) is 9.75 Å². The van der Waals surface area contributed by atoms with Gasteiger partial charge in [0.25, 0.3) is 0 Å². The summed E-state index contributed by atoms with van der Waals surface area (Å²) < 4.78 is -1.38. The Bertz CT molecular complexity index is 280. The minimum absolute atomic E-state index is 0.224. The Morgan fingerprint density at radius 2 is 1.54 bits per heavy atom. The third kappa shape index (κ3) is 0.984. The first-order valence-electron chi connectivity index (χ1n) is 3.43. The van der Waals surface area contributed by atoms with E-state index in [0.717, 1.165) is 0 Å². The van der Waals surface area contributed by atoms with Gasteiger partial charge in [-0.2, -0.15) is 0 Å². The average Bonchev–Trinajstić information content (AvgIpc) is 2.28. The van der Waals surface area contributed by atoms with Gasteiger partial charge < -0.3 is 0 Å². The molecular formula is C7H3Cl6. The maximum atomic E-state index is 6.17. The number of halogens is 6. The molecule has 0 heterocycles. The van der Waals surface area contributed by atoms with E-state index in [2.05, 4.69) is 0 Å². The van der Waals surface area contributed by atoms with Gasteiger partial charge in [0.15, 0.2) is 4.33 Å². The van der Waals surface area contributed by atoms with Crippen LogP contribution in [0.3, 0.4) is 0 Å². The molecule has 0 aromatic rings. The SMILES string of the molecule is ClC1=C(Cl)C2(Cl)C[CH]C1(Cl)C2(Cl)Cl. The number of hydrogen-bond acceptors (Lipinski definition) is 0. The van der Waals surface area contributed by atoms with Crippen LogP contribution in [0.25, 0.3) is 0 Å². The van der Waals surface area contributed by atoms with Gasteiger partial charge in [0.2, 0.25) is 0 Å². The molecule has 0 aromatic heterocycles. The van der Waals surface area contributed by atoms with Gasteiger partial charge in [-0.15, -0.1) is 23.2 Å². The van der Waals surface area contributed by atoms with E-state index in [1.807, 2.05) is 0 Å². The summed E-state index contributed by atoms with van der Waals surface area (Å²) in [5.74, 6) is 0. The summed E-state index contributed by atoms with van der Waals surface area (Å²) in [7, 11) is 0. The smallest absolute Gasteiger partial charge is 0.110 e. The highest BCUT2D eigenvalue weighted by molar-refractivity contribution is 6.66. The lowest BCUT2D eigenvalue weighted by Crippen LogP contribution is -2.42. The van der Waals surface area contributed by atoms with E-state index in [1.54, 1.807) is 6.42 Å². The molecule has 0 N–H and O–H groups in total. The van der Waals surface area contributed by atoms with Crippen LogP contribution < -0.4 is 0 Å². The van der Waals surface area contributed by atoms with Crippen LogP contribution in [0.2, 0.25) is 0 Å². The van der Waals surface area contributed by atoms with Gasteiger partial charge >= 0.3 is 0 Å². The summed E-state index contributed by atoms with van der Waals surface area (Å²) in [4.78, 5) is -2.22. The Labute approximate surface area is 106 Å². The fourth-order valence-electron chi connectivity index (χ4n) is 1.61. The quantitative estimate of drug-likeness (QED) is 0.581. The standard InChI is InChI=1S/C7H3Cl6/c8-3-4(9)6(11)2-1-5(3,10)7(6,12)13/h1H,2H2. The van der Waals surface area contributed by atoms with E-state index >= 15 is 0 Å². The van der Waals surface area contributed by atoms with Crippen molar-refractivity contribution in [2.75, 3.05) is 0 Å². The minimum atomic E-state index is -1.38. The average molecular weight is 300 g/mol. The summed E-state index contributed by atoms with van der Waals surface area (Å²) in [6.07, 6.45) is 2.11. The first kappa shape index (κ1) is 11.0. The summed E-state index contributed by atoms with van der Waals surface area (Å²) in [6, 6.07) is 0. The molecule has 1 fully saturated rings. The number of rotatable bonds is 0. The lowest BCUT2D eigenvalue weighted by molar-refractivity contribution is 0.686. The number of allylic oxidation sites excluding steroid dienone is 2. The first-order chi connectivity index (χ1) is 5.77. The molecule has 73 valence electrons. The van der Waals surface area contributed by atoms with E-state index in [0.29, 0.717) is 6.42 Å². The normalized spacial score (nSPS) is 47.5. The zero-order chi connectivity index (χ0) is 10.1. The molecule has 2 unspecified atom stereocenters. The van der Waals surface area contributed by atoms with Crippen LogP contribution in [0.5, 0.6) is 0 Å². The third-order valence-electron chi connectivity index (χ3n) is 2.48. The Balaban J connectivity index is 2.67. The van der Waals surface area contributed by atoms with Crippen LogP contribution in [-0.4, -0.2) is 14.1 Å². The lowest BCUT2D eigenvalue weighted by Gasteiger charge is -2.30. The van der Waals surface area contributed by atoms with Crippen molar-refractivity contribution >= 4 is 69.6 Å². The maximum absolute atomic E-state index is 6.17. The number of fused-ring (bicyclic) bond motifs is 2. The summed E-state index contributed by atoms with van der Waals surface area (Å²) in [5.41, 5.74) is 0. The Morgan fingerprint density at radius 3 is 1.77 bits per heavy atom. The van der Waals surface area contributed by atoms with Gasteiger partial charge in [-0.05, 0) is 12.8 Å². The van der Waals surface area contributed by atoms with Crippen LogP contribution >= 0.6 is 69.6 Å². The molecule has 2 aliphatic carbocycles. The van der Waals surface area contributed by atoms with Crippen LogP contribution in [0, 0.1) is 6.42 Å². The molecule has 0 aromatic carbocycles. The van der Waals surface area contributed by atoms with Gasteiger partial charge in [-0.1, -0.05) is 46.4 Å². The molecule has 2 rings (SSSR count). The molecule has 6 heteroatoms. The van der Waals surface area contributed by atoms with Crippen molar-refractivity contribution in [3.8, 4) is 0 Å². The highest BCUT2D eigenvalue weighted by Gasteiger charge is 2.74. The highest BCUT2D eigenvalue weighted by Crippen LogP contribution is 2.71. The van der Waals surface area contributed by atoms with E-state index in [1.165, 1.54) is 0 Å². The molecule has 1 saturated carbocycles. The van der Waals surface area contributed by atoms with Crippen molar-refractivity contribution in [1.82, 2.24) is 0 Å². The fraction of sp³-hybridized carbons (Fsp3) is 0.571. The second kappa shape index (κ2) is 2.78. The fourth-order valence-corrected chi connectivity index (χ4v) is 4.04. The van der Waals surface area contributed by atoms with E-state index in [-0.39, 0.29) is 10.1 Å². The Morgan fingerprint density at radius 1 is 1.00 bits per heavy atom. The maximum Gasteiger partial charge on any atom is 0.166 e. The van der Waals surface area contributed by atoms with Gasteiger partial charge in [0, 0.05) is 0 Å². The molecule has 0 spiro atoms. The molecule has 0 saturated heterocycles. The zero-order valence-corrected chi connectivity index (χ0v) is 10.6.